The van der Waals surface area contributed by atoms with E-state index in [-0.39, 0.29) is 0 Å². The van der Waals surface area contributed by atoms with Crippen molar-refractivity contribution in [1.29, 1.82) is 0 Å². The van der Waals surface area contributed by atoms with Gasteiger partial charge in [-0.3, -0.25) is 0 Å². The summed E-state index contributed by atoms with van der Waals surface area (Å²) < 4.78 is 0. The van der Waals surface area contributed by atoms with Crippen molar-refractivity contribution in [2.24, 2.45) is 0 Å². The van der Waals surface area contributed by atoms with Crippen LogP contribution in [0.1, 0.15) is 174 Å². The second-order valence-corrected chi connectivity index (χ2v) is 9.56. The molecule has 6 rings (SSSR count). The first-order valence-electron chi connectivity index (χ1n) is 20.8. The molecule has 4 aromatic heterocycles. The van der Waals surface area contributed by atoms with Crippen molar-refractivity contribution in [2.45, 2.75) is 159 Å². The van der Waals surface area contributed by atoms with Crippen LogP contribution in [-0.4, -0.2) is 31.2 Å². The Morgan fingerprint density at radius 3 is 0.852 bits per heavy atom. The molecule has 0 atom stereocenters. The van der Waals surface area contributed by atoms with Gasteiger partial charge in [-0.25, -0.2) is 9.97 Å². The van der Waals surface area contributed by atoms with Gasteiger partial charge in [0, 0.05) is 40.0 Å². The molecule has 8 bridgehead atoms. The fourth-order valence-electron chi connectivity index (χ4n) is 4.30. The zero-order valence-corrected chi connectivity index (χ0v) is 39.2. The molecular formula is C48H83N5O. The number of nitrogens with zero attached hydrogens (tertiary/aromatic N) is 2. The van der Waals surface area contributed by atoms with Crippen LogP contribution in [0.15, 0.2) is 36.7 Å². The van der Waals surface area contributed by atoms with E-state index < -0.39 is 0 Å². The van der Waals surface area contributed by atoms with E-state index >= 15 is 0 Å². The SMILES string of the molecule is CC.CC.CC.CC.CC.CC.CC.CC.CC=O.Cc1c2nc(c(C)c3ccc([nH]3)c(C)c3ccc([nH]3)c(C)c3nc1C=C3)C=C2.Cc1c[nH]cc1C. The standard InChI is InChI=1S/C24H22N4.C6H9N.C2H4O.8C2H6/c1-13-17-5-7-19(25-17)14(2)21-9-11-23(27-21)16(4)24-12-10-22(28-24)15(3)20-8-6-18(13)26-20;1-5-3-7-4-6(5)2;1-2-3;8*1-2/h5-12,25-26H,1-4H3;3-4,7H,1-2H3;2H,1H3;8*1-2H3. The number of nitrogens with one attached hydrogen (secondary N) is 3. The molecule has 0 fully saturated rings. The maximum Gasteiger partial charge on any atom is 0.116 e. The average Bonchev–Trinajstić information content (AvgIpc) is 4.12. The van der Waals surface area contributed by atoms with E-state index in [1.807, 2.05) is 123 Å². The summed E-state index contributed by atoms with van der Waals surface area (Å²) in [5, 5.41) is 0. The van der Waals surface area contributed by atoms with Gasteiger partial charge in [-0.15, -0.1) is 0 Å². The molecule has 0 spiro atoms. The molecule has 2 aliphatic rings. The summed E-state index contributed by atoms with van der Waals surface area (Å²) in [6, 6.07) is 8.52. The molecule has 6 heterocycles. The molecule has 306 valence electrons. The molecule has 54 heavy (non-hydrogen) atoms. The monoisotopic (exact) mass is 746 g/mol. The van der Waals surface area contributed by atoms with Gasteiger partial charge in [0.05, 0.1) is 22.8 Å². The first-order valence-corrected chi connectivity index (χ1v) is 20.8. The molecule has 3 N–H and O–H groups in total. The van der Waals surface area contributed by atoms with Gasteiger partial charge < -0.3 is 19.7 Å². The summed E-state index contributed by atoms with van der Waals surface area (Å²) in [6.07, 6.45) is 13.1. The summed E-state index contributed by atoms with van der Waals surface area (Å²) in [5.74, 6) is 0. The number of carbonyl (C=O) groups is 1. The third-order valence-corrected chi connectivity index (χ3v) is 7.03. The molecule has 0 aliphatic carbocycles. The highest BCUT2D eigenvalue weighted by Crippen LogP contribution is 2.25. The van der Waals surface area contributed by atoms with Crippen LogP contribution in [0.5, 0.6) is 0 Å². The van der Waals surface area contributed by atoms with Crippen LogP contribution in [-0.2, 0) is 4.79 Å². The normalized spacial score (nSPS) is 8.94. The van der Waals surface area contributed by atoms with Crippen LogP contribution >= 0.6 is 0 Å². The fourth-order valence-corrected chi connectivity index (χ4v) is 4.30. The van der Waals surface area contributed by atoms with E-state index in [1.54, 1.807) is 0 Å². The van der Waals surface area contributed by atoms with E-state index in [9.17, 15) is 0 Å². The van der Waals surface area contributed by atoms with Crippen molar-refractivity contribution < 1.29 is 4.79 Å². The Hall–Kier alpha value is -4.45. The highest BCUT2D eigenvalue weighted by molar-refractivity contribution is 5.82. The molecule has 0 amide bonds. The van der Waals surface area contributed by atoms with Gasteiger partial charge in [-0.1, -0.05) is 111 Å². The van der Waals surface area contributed by atoms with Crippen molar-refractivity contribution >= 4 is 52.7 Å². The summed E-state index contributed by atoms with van der Waals surface area (Å²) in [7, 11) is 0. The Bertz CT molecular complexity index is 1600. The van der Waals surface area contributed by atoms with E-state index in [0.29, 0.717) is 0 Å². The number of H-pyrrole nitrogens is 3. The van der Waals surface area contributed by atoms with Crippen LogP contribution in [0.2, 0.25) is 0 Å². The topological polar surface area (TPSA) is 90.2 Å². The van der Waals surface area contributed by atoms with Crippen molar-refractivity contribution in [3.05, 3.63) is 92.8 Å². The largest absolute Gasteiger partial charge is 0.367 e. The Labute approximate surface area is 333 Å². The molecule has 2 aliphatic heterocycles. The van der Waals surface area contributed by atoms with Crippen LogP contribution < -0.4 is 0 Å². The summed E-state index contributed by atoms with van der Waals surface area (Å²) in [6.45, 7) is 46.1. The van der Waals surface area contributed by atoms with Crippen LogP contribution in [0, 0.1) is 41.5 Å². The molecule has 0 radical (unpaired) electrons. The minimum Gasteiger partial charge on any atom is -0.367 e. The van der Waals surface area contributed by atoms with Crippen molar-refractivity contribution in [1.82, 2.24) is 24.9 Å². The summed E-state index contributed by atoms with van der Waals surface area (Å²) >= 11 is 0. The smallest absolute Gasteiger partial charge is 0.116 e. The van der Waals surface area contributed by atoms with Gasteiger partial charge in [-0.2, -0.15) is 0 Å². The first kappa shape index (κ1) is 58.8. The van der Waals surface area contributed by atoms with Crippen LogP contribution in [0.3, 0.4) is 0 Å². The fraction of sp³-hybridized carbons (Fsp3) is 0.479. The lowest BCUT2D eigenvalue weighted by Crippen LogP contribution is -1.88. The summed E-state index contributed by atoms with van der Waals surface area (Å²) in [4.78, 5) is 28.6. The van der Waals surface area contributed by atoms with Gasteiger partial charge in [0.15, 0.2) is 0 Å². The number of fused-ring (bicyclic) bond motifs is 8. The third kappa shape index (κ3) is 19.0. The second-order valence-electron chi connectivity index (χ2n) is 9.56. The minimum atomic E-state index is 0.750. The Kier molecular flexibility index (Phi) is 41.7. The van der Waals surface area contributed by atoms with Gasteiger partial charge in [-0.05, 0) is 125 Å². The highest BCUT2D eigenvalue weighted by Gasteiger charge is 2.11. The van der Waals surface area contributed by atoms with E-state index in [4.69, 9.17) is 14.8 Å². The zero-order valence-electron chi connectivity index (χ0n) is 39.2. The minimum absolute atomic E-state index is 0.750. The van der Waals surface area contributed by atoms with Crippen molar-refractivity contribution in [3.8, 4) is 0 Å². The van der Waals surface area contributed by atoms with Gasteiger partial charge in [0.2, 0.25) is 0 Å². The number of hydrogen-bond acceptors (Lipinski definition) is 3. The lowest BCUT2D eigenvalue weighted by Gasteiger charge is -1.97. The molecular weight excluding hydrogens is 663 g/mol. The van der Waals surface area contributed by atoms with Crippen molar-refractivity contribution in [2.75, 3.05) is 0 Å². The number of hydrogen-bond donors (Lipinski definition) is 3. The van der Waals surface area contributed by atoms with E-state index in [2.05, 4.69) is 105 Å². The number of carbonyl (C=O) groups excluding carboxylic acids is 1. The van der Waals surface area contributed by atoms with Gasteiger partial charge in [0.1, 0.15) is 6.29 Å². The quantitative estimate of drug-likeness (QED) is 0.135. The van der Waals surface area contributed by atoms with Gasteiger partial charge in [0.25, 0.3) is 0 Å². The molecule has 0 saturated heterocycles. The molecule has 0 aromatic carbocycles. The molecule has 6 nitrogen and oxygen atoms in total. The lowest BCUT2D eigenvalue weighted by atomic mass is 10.2. The third-order valence-electron chi connectivity index (χ3n) is 7.03. The molecule has 0 unspecified atom stereocenters. The molecule has 0 saturated carbocycles. The predicted molar refractivity (Wildman–Crippen MR) is 251 cm³/mol. The predicted octanol–water partition coefficient (Wildman–Crippen LogP) is 15.9. The second kappa shape index (κ2) is 38.3. The molecule has 6 heteroatoms. The highest BCUT2D eigenvalue weighted by atomic mass is 16.1. The average molecular weight is 746 g/mol. The van der Waals surface area contributed by atoms with Crippen LogP contribution in [0.4, 0.5) is 0 Å². The zero-order chi connectivity index (χ0) is 43.4. The summed E-state index contributed by atoms with van der Waals surface area (Å²) in [5.41, 5.74) is 15.5. The lowest BCUT2D eigenvalue weighted by molar-refractivity contribution is -0.106. The van der Waals surface area contributed by atoms with E-state index in [0.717, 1.165) is 67.8 Å². The van der Waals surface area contributed by atoms with Crippen LogP contribution in [0.25, 0.3) is 46.4 Å². The van der Waals surface area contributed by atoms with Crippen molar-refractivity contribution in [3.63, 3.8) is 0 Å². The number of aromatic amines is 3. The number of aromatic nitrogens is 5. The number of aldehydes is 1. The Morgan fingerprint density at radius 2 is 0.630 bits per heavy atom. The molecule has 4 aromatic rings. The maximum absolute atomic E-state index is 8.81. The first-order chi connectivity index (χ1) is 26.2. The number of aryl methyl sites for hydroxylation is 5. The van der Waals surface area contributed by atoms with Gasteiger partial charge >= 0.3 is 0 Å². The number of rotatable bonds is 0. The van der Waals surface area contributed by atoms with E-state index in [1.165, 1.54) is 23.6 Å². The maximum atomic E-state index is 8.81. The Morgan fingerprint density at radius 1 is 0.407 bits per heavy atom. The Balaban J connectivity index is -0.000000257.